The summed E-state index contributed by atoms with van der Waals surface area (Å²) in [6.45, 7) is 1.93. The lowest BCUT2D eigenvalue weighted by Crippen LogP contribution is -2.08. The Morgan fingerprint density at radius 1 is 0.947 bits per heavy atom. The second kappa shape index (κ2) is 9.29. The van der Waals surface area contributed by atoms with Crippen molar-refractivity contribution < 1.29 is 18.9 Å². The van der Waals surface area contributed by atoms with Crippen LogP contribution < -0.4 is 9.47 Å². The fourth-order valence-corrected chi connectivity index (χ4v) is 1.43. The van der Waals surface area contributed by atoms with E-state index < -0.39 is 0 Å². The maximum Gasteiger partial charge on any atom is 0.161 e. The summed E-state index contributed by atoms with van der Waals surface area (Å²) in [7, 11) is 3.21. The Balaban J connectivity index is 2.71. The zero-order valence-corrected chi connectivity index (χ0v) is 11.3. The van der Waals surface area contributed by atoms with Gasteiger partial charge in [0.2, 0.25) is 0 Å². The molecule has 0 fully saturated rings. The number of rotatable bonds is 10. The number of hydrogen-bond acceptors (Lipinski definition) is 6. The number of nitrogens with zero attached hydrogens (tertiary/aromatic N) is 1. The van der Waals surface area contributed by atoms with Crippen molar-refractivity contribution in [3.8, 4) is 11.5 Å². The van der Waals surface area contributed by atoms with E-state index in [-0.39, 0.29) is 6.54 Å². The van der Waals surface area contributed by atoms with Crippen LogP contribution in [0.15, 0.2) is 23.4 Å². The van der Waals surface area contributed by atoms with Crippen molar-refractivity contribution >= 4 is 0 Å². The summed E-state index contributed by atoms with van der Waals surface area (Å²) in [5.74, 6) is 1.19. The van der Waals surface area contributed by atoms with Gasteiger partial charge >= 0.3 is 0 Å². The molecule has 0 aliphatic rings. The van der Waals surface area contributed by atoms with Crippen LogP contribution in [0.25, 0.3) is 0 Å². The molecule has 0 heterocycles. The van der Waals surface area contributed by atoms with Gasteiger partial charge in [0.25, 0.3) is 0 Å². The summed E-state index contributed by atoms with van der Waals surface area (Å²) >= 11 is 0. The summed E-state index contributed by atoms with van der Waals surface area (Å²) in [5, 5.41) is 2.86. The SMILES string of the molecule is COCCOc1ccc(CN=O)cc1OCCOC. The van der Waals surface area contributed by atoms with Crippen molar-refractivity contribution in [3.63, 3.8) is 0 Å². The third-order valence-corrected chi connectivity index (χ3v) is 2.35. The van der Waals surface area contributed by atoms with Crippen LogP contribution >= 0.6 is 0 Å². The molecule has 1 aromatic rings. The summed E-state index contributed by atoms with van der Waals surface area (Å²) in [4.78, 5) is 10.3. The van der Waals surface area contributed by atoms with Gasteiger partial charge in [-0.2, -0.15) is 4.91 Å². The molecular weight excluding hydrogens is 250 g/mol. The molecule has 0 aliphatic carbocycles. The van der Waals surface area contributed by atoms with Crippen LogP contribution in [0, 0.1) is 4.91 Å². The fourth-order valence-electron chi connectivity index (χ4n) is 1.43. The zero-order chi connectivity index (χ0) is 13.9. The Bertz CT molecular complexity index is 383. The minimum Gasteiger partial charge on any atom is -0.487 e. The molecule has 1 aromatic carbocycles. The van der Waals surface area contributed by atoms with Crippen molar-refractivity contribution in [2.75, 3.05) is 40.6 Å². The van der Waals surface area contributed by atoms with Crippen LogP contribution in [0.5, 0.6) is 11.5 Å². The number of nitroso groups, excluding NO2 is 1. The molecule has 1 rings (SSSR count). The highest BCUT2D eigenvalue weighted by Crippen LogP contribution is 2.28. The summed E-state index contributed by atoms with van der Waals surface area (Å²) < 4.78 is 21.0. The molecule has 0 radical (unpaired) electrons. The molecule has 0 aromatic heterocycles. The summed E-state index contributed by atoms with van der Waals surface area (Å²) in [6.07, 6.45) is 0. The fraction of sp³-hybridized carbons (Fsp3) is 0.538. The molecule has 0 atom stereocenters. The van der Waals surface area contributed by atoms with Crippen molar-refractivity contribution in [3.05, 3.63) is 28.7 Å². The molecule has 0 N–H and O–H groups in total. The van der Waals surface area contributed by atoms with Gasteiger partial charge in [-0.15, -0.1) is 0 Å². The molecule has 0 amide bonds. The van der Waals surface area contributed by atoms with Crippen LogP contribution in [-0.4, -0.2) is 40.6 Å². The third kappa shape index (κ3) is 5.67. The van der Waals surface area contributed by atoms with E-state index >= 15 is 0 Å². The normalized spacial score (nSPS) is 10.2. The number of hydrogen-bond donors (Lipinski definition) is 0. The van der Waals surface area contributed by atoms with E-state index in [1.54, 1.807) is 32.4 Å². The Morgan fingerprint density at radius 2 is 1.58 bits per heavy atom. The molecular formula is C13H19NO5. The van der Waals surface area contributed by atoms with Crippen LogP contribution in [0.4, 0.5) is 0 Å². The van der Waals surface area contributed by atoms with E-state index in [1.165, 1.54) is 0 Å². The first-order chi connectivity index (χ1) is 9.31. The Hall–Kier alpha value is -1.66. The standard InChI is InChI=1S/C13H19NO5/c1-16-5-7-18-12-4-3-11(10-14-15)9-13(12)19-8-6-17-2/h3-4,9H,5-8,10H2,1-2H3. The lowest BCUT2D eigenvalue weighted by atomic mass is 10.2. The first-order valence-electron chi connectivity index (χ1n) is 5.97. The Morgan fingerprint density at radius 3 is 2.16 bits per heavy atom. The summed E-state index contributed by atoms with van der Waals surface area (Å²) in [5.41, 5.74) is 0.779. The number of methoxy groups -OCH3 is 2. The van der Waals surface area contributed by atoms with Crippen molar-refractivity contribution in [1.82, 2.24) is 0 Å². The predicted molar refractivity (Wildman–Crippen MR) is 70.7 cm³/mol. The van der Waals surface area contributed by atoms with Gasteiger partial charge in [-0.25, -0.2) is 0 Å². The molecule has 106 valence electrons. The number of benzene rings is 1. The average molecular weight is 269 g/mol. The maximum atomic E-state index is 10.3. The van der Waals surface area contributed by atoms with Crippen molar-refractivity contribution in [2.45, 2.75) is 6.54 Å². The van der Waals surface area contributed by atoms with Crippen molar-refractivity contribution in [1.29, 1.82) is 0 Å². The molecule has 0 spiro atoms. The molecule has 0 unspecified atom stereocenters. The Kier molecular flexibility index (Phi) is 7.53. The smallest absolute Gasteiger partial charge is 0.161 e. The van der Waals surface area contributed by atoms with Gasteiger partial charge < -0.3 is 18.9 Å². The number of ether oxygens (including phenoxy) is 4. The minimum absolute atomic E-state index is 0.110. The van der Waals surface area contributed by atoms with E-state index in [9.17, 15) is 4.91 Å². The van der Waals surface area contributed by atoms with E-state index in [0.29, 0.717) is 37.9 Å². The van der Waals surface area contributed by atoms with E-state index in [0.717, 1.165) is 5.56 Å². The van der Waals surface area contributed by atoms with E-state index in [1.807, 2.05) is 0 Å². The minimum atomic E-state index is 0.110. The average Bonchev–Trinajstić information content (AvgIpc) is 2.42. The zero-order valence-electron chi connectivity index (χ0n) is 11.3. The lowest BCUT2D eigenvalue weighted by Gasteiger charge is -2.13. The van der Waals surface area contributed by atoms with Gasteiger partial charge in [-0.3, -0.25) is 0 Å². The second-order valence-electron chi connectivity index (χ2n) is 3.75. The molecule has 0 aliphatic heterocycles. The highest BCUT2D eigenvalue weighted by molar-refractivity contribution is 5.43. The van der Waals surface area contributed by atoms with Gasteiger partial charge in [-0.05, 0) is 17.7 Å². The van der Waals surface area contributed by atoms with Crippen LogP contribution in [-0.2, 0) is 16.0 Å². The van der Waals surface area contributed by atoms with E-state index in [2.05, 4.69) is 5.18 Å². The largest absolute Gasteiger partial charge is 0.487 e. The van der Waals surface area contributed by atoms with Crippen molar-refractivity contribution in [2.24, 2.45) is 5.18 Å². The molecule has 0 bridgehead atoms. The molecule has 6 nitrogen and oxygen atoms in total. The molecule has 19 heavy (non-hydrogen) atoms. The topological polar surface area (TPSA) is 66.4 Å². The predicted octanol–water partition coefficient (Wildman–Crippen LogP) is 2.00. The van der Waals surface area contributed by atoms with Gasteiger partial charge in [-0.1, -0.05) is 11.2 Å². The van der Waals surface area contributed by atoms with Crippen LogP contribution in [0.3, 0.4) is 0 Å². The highest BCUT2D eigenvalue weighted by atomic mass is 16.5. The van der Waals surface area contributed by atoms with Gasteiger partial charge in [0.15, 0.2) is 11.5 Å². The first kappa shape index (κ1) is 15.4. The monoisotopic (exact) mass is 269 g/mol. The molecule has 6 heteroatoms. The summed E-state index contributed by atoms with van der Waals surface area (Å²) in [6, 6.07) is 5.30. The molecule has 0 saturated heterocycles. The Labute approximate surface area is 112 Å². The van der Waals surface area contributed by atoms with Crippen LogP contribution in [0.2, 0.25) is 0 Å². The highest BCUT2D eigenvalue weighted by Gasteiger charge is 2.07. The quantitative estimate of drug-likeness (QED) is 0.480. The van der Waals surface area contributed by atoms with Gasteiger partial charge in [0.1, 0.15) is 19.8 Å². The second-order valence-corrected chi connectivity index (χ2v) is 3.75. The lowest BCUT2D eigenvalue weighted by molar-refractivity contribution is 0.132. The van der Waals surface area contributed by atoms with Gasteiger partial charge in [0.05, 0.1) is 13.2 Å². The van der Waals surface area contributed by atoms with Gasteiger partial charge in [0, 0.05) is 14.2 Å². The molecule has 0 saturated carbocycles. The van der Waals surface area contributed by atoms with Crippen LogP contribution in [0.1, 0.15) is 5.56 Å². The third-order valence-electron chi connectivity index (χ3n) is 2.35. The van der Waals surface area contributed by atoms with E-state index in [4.69, 9.17) is 18.9 Å². The first-order valence-corrected chi connectivity index (χ1v) is 5.97. The maximum absolute atomic E-state index is 10.3.